The molecule has 5 heteroatoms. The highest BCUT2D eigenvalue weighted by atomic mass is 79.9. The Hall–Kier alpha value is -1.88. The van der Waals surface area contributed by atoms with Crippen LogP contribution in [-0.4, -0.2) is 14.8 Å². The average molecular weight is 370 g/mol. The molecule has 5 rings (SSSR count). The predicted octanol–water partition coefficient (Wildman–Crippen LogP) is 4.25. The fourth-order valence-corrected chi connectivity index (χ4v) is 4.57. The van der Waals surface area contributed by atoms with Gasteiger partial charge in [0.05, 0.1) is 18.5 Å². The molecule has 2 aliphatic rings. The van der Waals surface area contributed by atoms with Gasteiger partial charge in [0.2, 0.25) is 0 Å². The van der Waals surface area contributed by atoms with Gasteiger partial charge in [-0.05, 0) is 53.4 Å². The molecule has 1 fully saturated rings. The van der Waals surface area contributed by atoms with Crippen LogP contribution < -0.4 is 0 Å². The van der Waals surface area contributed by atoms with E-state index in [0.717, 1.165) is 28.2 Å². The molecule has 0 atom stereocenters. The maximum atomic E-state index is 5.81. The van der Waals surface area contributed by atoms with Crippen LogP contribution in [0.2, 0.25) is 0 Å². The van der Waals surface area contributed by atoms with Gasteiger partial charge in [0, 0.05) is 29.2 Å². The van der Waals surface area contributed by atoms with Crippen molar-refractivity contribution in [3.63, 3.8) is 0 Å². The largest absolute Gasteiger partial charge is 0.468 e. The first-order chi connectivity index (χ1) is 11.2. The van der Waals surface area contributed by atoms with Gasteiger partial charge in [-0.25, -0.2) is 0 Å². The molecule has 0 aromatic carbocycles. The molecular formula is C18H16BrN3O. The summed E-state index contributed by atoms with van der Waals surface area (Å²) in [6, 6.07) is 5.99. The van der Waals surface area contributed by atoms with E-state index in [-0.39, 0.29) is 5.41 Å². The van der Waals surface area contributed by atoms with Gasteiger partial charge in [0.1, 0.15) is 16.1 Å². The van der Waals surface area contributed by atoms with Crippen molar-refractivity contribution < 1.29 is 4.42 Å². The standard InChI is InChI=1S/C18H16BrN3O/c1-11-10-23-13-8-18(5-6-18)15-16(14(11)13)21-22(17(15)19)9-12-4-2-3-7-20-12/h2-4,7,10H,5-6,8-9H2,1H3. The lowest BCUT2D eigenvalue weighted by Crippen LogP contribution is -2.16. The molecule has 1 saturated carbocycles. The highest BCUT2D eigenvalue weighted by molar-refractivity contribution is 9.10. The summed E-state index contributed by atoms with van der Waals surface area (Å²) in [4.78, 5) is 4.42. The Morgan fingerprint density at radius 3 is 2.96 bits per heavy atom. The van der Waals surface area contributed by atoms with Crippen molar-refractivity contribution in [2.45, 2.75) is 38.1 Å². The van der Waals surface area contributed by atoms with E-state index in [0.29, 0.717) is 6.54 Å². The molecule has 4 nitrogen and oxygen atoms in total. The zero-order chi connectivity index (χ0) is 15.6. The molecule has 0 N–H and O–H groups in total. The number of fused-ring (bicyclic) bond motifs is 4. The molecule has 0 aliphatic heterocycles. The summed E-state index contributed by atoms with van der Waals surface area (Å²) in [6.07, 6.45) is 7.12. The van der Waals surface area contributed by atoms with Crippen LogP contribution in [0.1, 0.15) is 35.4 Å². The number of hydrogen-bond donors (Lipinski definition) is 0. The first-order valence-electron chi connectivity index (χ1n) is 7.92. The van der Waals surface area contributed by atoms with Crippen LogP contribution >= 0.6 is 15.9 Å². The van der Waals surface area contributed by atoms with E-state index in [1.807, 2.05) is 35.3 Å². The second-order valence-electron chi connectivity index (χ2n) is 6.67. The Kier molecular flexibility index (Phi) is 2.69. The molecule has 0 bridgehead atoms. The molecule has 0 amide bonds. The van der Waals surface area contributed by atoms with Gasteiger partial charge < -0.3 is 4.42 Å². The second-order valence-corrected chi connectivity index (χ2v) is 7.42. The van der Waals surface area contributed by atoms with Crippen molar-refractivity contribution in [3.05, 3.63) is 57.8 Å². The van der Waals surface area contributed by atoms with Gasteiger partial charge in [-0.3, -0.25) is 9.67 Å². The van der Waals surface area contributed by atoms with Crippen molar-refractivity contribution in [2.24, 2.45) is 0 Å². The Morgan fingerprint density at radius 1 is 1.35 bits per heavy atom. The van der Waals surface area contributed by atoms with Crippen molar-refractivity contribution >= 4 is 15.9 Å². The minimum atomic E-state index is 0.230. The lowest BCUT2D eigenvalue weighted by atomic mass is 9.83. The van der Waals surface area contributed by atoms with Crippen LogP contribution in [0.3, 0.4) is 0 Å². The van der Waals surface area contributed by atoms with Crippen molar-refractivity contribution in [3.8, 4) is 11.3 Å². The van der Waals surface area contributed by atoms with Crippen LogP contribution in [0.15, 0.2) is 39.7 Å². The van der Waals surface area contributed by atoms with Crippen LogP contribution in [0.25, 0.3) is 11.3 Å². The topological polar surface area (TPSA) is 43.9 Å². The number of hydrogen-bond acceptors (Lipinski definition) is 3. The first-order valence-corrected chi connectivity index (χ1v) is 8.71. The van der Waals surface area contributed by atoms with Gasteiger partial charge in [-0.2, -0.15) is 5.10 Å². The molecule has 1 spiro atoms. The zero-order valence-corrected chi connectivity index (χ0v) is 14.4. The first kappa shape index (κ1) is 13.5. The molecule has 0 radical (unpaired) electrons. The summed E-state index contributed by atoms with van der Waals surface area (Å²) in [5, 5.41) is 4.93. The Morgan fingerprint density at radius 2 is 2.22 bits per heavy atom. The third-order valence-electron chi connectivity index (χ3n) is 5.10. The maximum absolute atomic E-state index is 5.81. The molecule has 0 unspecified atom stereocenters. The van der Waals surface area contributed by atoms with Crippen molar-refractivity contribution in [1.29, 1.82) is 0 Å². The normalized spacial score (nSPS) is 17.1. The molecule has 23 heavy (non-hydrogen) atoms. The quantitative estimate of drug-likeness (QED) is 0.678. The fourth-order valence-electron chi connectivity index (χ4n) is 3.76. The minimum Gasteiger partial charge on any atom is -0.468 e. The maximum Gasteiger partial charge on any atom is 0.114 e. The van der Waals surface area contributed by atoms with Crippen molar-refractivity contribution in [1.82, 2.24) is 14.8 Å². The monoisotopic (exact) mass is 369 g/mol. The average Bonchev–Trinajstić information content (AvgIpc) is 3.10. The molecule has 116 valence electrons. The SMILES string of the molecule is Cc1coc2c1-c1nn(Cc3ccccn3)c(Br)c1C1(CC1)C2. The second kappa shape index (κ2) is 4.57. The lowest BCUT2D eigenvalue weighted by molar-refractivity contribution is 0.475. The fraction of sp³-hybridized carbons (Fsp3) is 0.333. The summed E-state index contributed by atoms with van der Waals surface area (Å²) in [6.45, 7) is 2.78. The number of nitrogens with zero attached hydrogens (tertiary/aromatic N) is 3. The number of pyridine rings is 1. The predicted molar refractivity (Wildman–Crippen MR) is 90.3 cm³/mol. The molecular weight excluding hydrogens is 354 g/mol. The van der Waals surface area contributed by atoms with Gasteiger partial charge in [-0.1, -0.05) is 6.07 Å². The van der Waals surface area contributed by atoms with Gasteiger partial charge in [-0.15, -0.1) is 0 Å². The summed E-state index contributed by atoms with van der Waals surface area (Å²) >= 11 is 3.82. The molecule has 2 aliphatic carbocycles. The third kappa shape index (κ3) is 1.89. The highest BCUT2D eigenvalue weighted by Gasteiger charge is 2.52. The zero-order valence-electron chi connectivity index (χ0n) is 12.8. The Bertz CT molecular complexity index is 906. The summed E-state index contributed by atoms with van der Waals surface area (Å²) in [7, 11) is 0. The third-order valence-corrected chi connectivity index (χ3v) is 5.90. The van der Waals surface area contributed by atoms with E-state index in [1.54, 1.807) is 0 Å². The summed E-state index contributed by atoms with van der Waals surface area (Å²) in [5.41, 5.74) is 6.07. The summed E-state index contributed by atoms with van der Waals surface area (Å²) < 4.78 is 8.95. The smallest absolute Gasteiger partial charge is 0.114 e. The number of halogens is 1. The molecule has 0 saturated heterocycles. The van der Waals surface area contributed by atoms with E-state index in [1.165, 1.54) is 29.5 Å². The molecule has 3 aromatic heterocycles. The van der Waals surface area contributed by atoms with Crippen LogP contribution in [0.5, 0.6) is 0 Å². The van der Waals surface area contributed by atoms with E-state index in [2.05, 4.69) is 27.8 Å². The number of furan rings is 1. The van der Waals surface area contributed by atoms with Crippen molar-refractivity contribution in [2.75, 3.05) is 0 Å². The Labute approximate surface area is 142 Å². The Balaban J connectivity index is 1.68. The number of aromatic nitrogens is 3. The number of rotatable bonds is 2. The van der Waals surface area contributed by atoms with E-state index >= 15 is 0 Å². The highest BCUT2D eigenvalue weighted by Crippen LogP contribution is 2.59. The van der Waals surface area contributed by atoms with Gasteiger partial charge in [0.15, 0.2) is 0 Å². The van der Waals surface area contributed by atoms with E-state index in [9.17, 15) is 0 Å². The van der Waals surface area contributed by atoms with Gasteiger partial charge >= 0.3 is 0 Å². The van der Waals surface area contributed by atoms with Crippen LogP contribution in [0, 0.1) is 6.92 Å². The van der Waals surface area contributed by atoms with E-state index in [4.69, 9.17) is 9.52 Å². The lowest BCUT2D eigenvalue weighted by Gasteiger charge is -2.21. The number of aryl methyl sites for hydroxylation is 1. The molecule has 3 heterocycles. The molecule has 3 aromatic rings. The van der Waals surface area contributed by atoms with Crippen LogP contribution in [0.4, 0.5) is 0 Å². The summed E-state index contributed by atoms with van der Waals surface area (Å²) in [5.74, 6) is 1.10. The van der Waals surface area contributed by atoms with E-state index < -0.39 is 0 Å². The van der Waals surface area contributed by atoms with Gasteiger partial charge in [0.25, 0.3) is 0 Å². The minimum absolute atomic E-state index is 0.230. The van der Waals surface area contributed by atoms with Crippen LogP contribution in [-0.2, 0) is 18.4 Å².